The third-order valence-corrected chi connectivity index (χ3v) is 5.27. The lowest BCUT2D eigenvalue weighted by atomic mass is 10.1. The third kappa shape index (κ3) is 3.52. The number of amides is 1. The van der Waals surface area contributed by atoms with Gasteiger partial charge in [-0.1, -0.05) is 35.5 Å². The Morgan fingerprint density at radius 3 is 2.64 bits per heavy atom. The molecule has 7 nitrogen and oxygen atoms in total. The highest BCUT2D eigenvalue weighted by atomic mass is 32.1. The maximum absolute atomic E-state index is 12.9. The van der Waals surface area contributed by atoms with Crippen LogP contribution in [0, 0.1) is 25.2 Å². The Morgan fingerprint density at radius 1 is 1.29 bits per heavy atom. The van der Waals surface area contributed by atoms with Gasteiger partial charge in [-0.15, -0.1) is 11.3 Å². The zero-order chi connectivity index (χ0) is 20.3. The van der Waals surface area contributed by atoms with Gasteiger partial charge in [-0.3, -0.25) is 4.79 Å². The summed E-state index contributed by atoms with van der Waals surface area (Å²) in [6, 6.07) is 11.2. The monoisotopic (exact) mass is 395 g/mol. The zero-order valence-electron chi connectivity index (χ0n) is 15.5. The second-order valence-electron chi connectivity index (χ2n) is 5.88. The van der Waals surface area contributed by atoms with Gasteiger partial charge >= 0.3 is 5.97 Å². The van der Waals surface area contributed by atoms with Gasteiger partial charge in [-0.25, -0.2) is 4.79 Å². The summed E-state index contributed by atoms with van der Waals surface area (Å²) in [4.78, 5) is 25.3. The molecule has 3 aromatic rings. The summed E-state index contributed by atoms with van der Waals surface area (Å²) in [5, 5.41) is 16.5. The first-order chi connectivity index (χ1) is 13.5. The van der Waals surface area contributed by atoms with Crippen LogP contribution in [0.15, 0.2) is 34.9 Å². The highest BCUT2D eigenvalue weighted by Gasteiger charge is 2.26. The fraction of sp³-hybridized carbons (Fsp3) is 0.200. The Kier molecular flexibility index (Phi) is 5.57. The van der Waals surface area contributed by atoms with Crippen molar-refractivity contribution < 1.29 is 18.8 Å². The van der Waals surface area contributed by atoms with Crippen molar-refractivity contribution in [2.75, 3.05) is 11.9 Å². The van der Waals surface area contributed by atoms with E-state index in [9.17, 15) is 14.9 Å². The topological polar surface area (TPSA) is 105 Å². The van der Waals surface area contributed by atoms with Crippen LogP contribution >= 0.6 is 11.3 Å². The molecule has 0 atom stereocenters. The number of rotatable bonds is 5. The molecular weight excluding hydrogens is 378 g/mol. The molecule has 0 aliphatic carbocycles. The maximum atomic E-state index is 12.9. The second kappa shape index (κ2) is 8.06. The predicted molar refractivity (Wildman–Crippen MR) is 104 cm³/mol. The van der Waals surface area contributed by atoms with Crippen LogP contribution in [0.4, 0.5) is 5.00 Å². The van der Waals surface area contributed by atoms with Crippen LogP contribution in [-0.2, 0) is 4.74 Å². The van der Waals surface area contributed by atoms with Crippen molar-refractivity contribution in [1.82, 2.24) is 5.16 Å². The number of hydrogen-bond acceptors (Lipinski definition) is 7. The van der Waals surface area contributed by atoms with E-state index in [1.54, 1.807) is 20.8 Å². The van der Waals surface area contributed by atoms with E-state index in [1.807, 2.05) is 36.4 Å². The normalized spacial score (nSPS) is 10.4. The lowest BCUT2D eigenvalue weighted by Crippen LogP contribution is -2.13. The van der Waals surface area contributed by atoms with Crippen molar-refractivity contribution in [3.05, 3.63) is 57.7 Å². The maximum Gasteiger partial charge on any atom is 0.348 e. The van der Waals surface area contributed by atoms with E-state index in [-0.39, 0.29) is 22.7 Å². The molecule has 2 aromatic heterocycles. The van der Waals surface area contributed by atoms with Crippen molar-refractivity contribution in [3.63, 3.8) is 0 Å². The third-order valence-electron chi connectivity index (χ3n) is 4.08. The predicted octanol–water partition coefficient (Wildman–Crippen LogP) is 4.32. The van der Waals surface area contributed by atoms with E-state index in [2.05, 4.69) is 10.5 Å². The quantitative estimate of drug-likeness (QED) is 0.645. The van der Waals surface area contributed by atoms with Crippen LogP contribution in [0.3, 0.4) is 0 Å². The number of nitrogens with zero attached hydrogens (tertiary/aromatic N) is 2. The fourth-order valence-corrected chi connectivity index (χ4v) is 3.77. The smallest absolute Gasteiger partial charge is 0.348 e. The van der Waals surface area contributed by atoms with Crippen molar-refractivity contribution in [2.24, 2.45) is 0 Å². The second-order valence-corrected chi connectivity index (χ2v) is 6.90. The van der Waals surface area contributed by atoms with Crippen LogP contribution in [-0.4, -0.2) is 23.6 Å². The number of ether oxygens (including phenoxy) is 1. The summed E-state index contributed by atoms with van der Waals surface area (Å²) < 4.78 is 10.2. The number of benzene rings is 1. The van der Waals surface area contributed by atoms with E-state index in [4.69, 9.17) is 9.26 Å². The Bertz CT molecular complexity index is 1080. The molecule has 28 heavy (non-hydrogen) atoms. The number of nitrogens with one attached hydrogen (secondary N) is 1. The van der Waals surface area contributed by atoms with Gasteiger partial charge in [0.25, 0.3) is 5.91 Å². The molecule has 2 heterocycles. The van der Waals surface area contributed by atoms with E-state index < -0.39 is 11.9 Å². The van der Waals surface area contributed by atoms with E-state index in [0.717, 1.165) is 16.9 Å². The minimum Gasteiger partial charge on any atom is -0.462 e. The molecule has 0 unspecified atom stereocenters. The van der Waals surface area contributed by atoms with E-state index in [0.29, 0.717) is 21.9 Å². The Labute approximate surface area is 165 Å². The largest absolute Gasteiger partial charge is 0.462 e. The van der Waals surface area contributed by atoms with E-state index >= 15 is 0 Å². The van der Waals surface area contributed by atoms with Gasteiger partial charge in [0.05, 0.1) is 12.2 Å². The Balaban J connectivity index is 1.97. The van der Waals surface area contributed by atoms with Gasteiger partial charge in [-0.2, -0.15) is 5.26 Å². The molecular formula is C20H17N3O4S. The summed E-state index contributed by atoms with van der Waals surface area (Å²) in [6.45, 7) is 5.22. The van der Waals surface area contributed by atoms with Crippen LogP contribution in [0.25, 0.3) is 11.3 Å². The minimum absolute atomic E-state index is 0.222. The molecule has 1 aromatic carbocycles. The number of nitriles is 1. The first-order valence-corrected chi connectivity index (χ1v) is 9.33. The summed E-state index contributed by atoms with van der Waals surface area (Å²) >= 11 is 1.01. The zero-order valence-corrected chi connectivity index (χ0v) is 16.3. The molecule has 142 valence electrons. The first-order valence-electron chi connectivity index (χ1n) is 8.51. The number of carbonyl (C=O) groups is 2. The minimum atomic E-state index is -0.520. The summed E-state index contributed by atoms with van der Waals surface area (Å²) in [5.41, 5.74) is 2.13. The number of esters is 1. The first kappa shape index (κ1) is 19.3. The van der Waals surface area contributed by atoms with Crippen LogP contribution in [0.2, 0.25) is 0 Å². The van der Waals surface area contributed by atoms with Gasteiger partial charge in [-0.05, 0) is 26.3 Å². The van der Waals surface area contributed by atoms with Gasteiger partial charge < -0.3 is 14.6 Å². The molecule has 0 saturated heterocycles. The Morgan fingerprint density at radius 2 is 2.00 bits per heavy atom. The van der Waals surface area contributed by atoms with Gasteiger partial charge in [0.1, 0.15) is 33.0 Å². The van der Waals surface area contributed by atoms with Crippen LogP contribution < -0.4 is 5.32 Å². The molecule has 0 radical (unpaired) electrons. The molecule has 0 aliphatic heterocycles. The lowest BCUT2D eigenvalue weighted by Gasteiger charge is -2.04. The van der Waals surface area contributed by atoms with Gasteiger partial charge in [0, 0.05) is 5.56 Å². The summed E-state index contributed by atoms with van der Waals surface area (Å²) in [5.74, 6) is -0.632. The highest BCUT2D eigenvalue weighted by molar-refractivity contribution is 7.18. The average Bonchev–Trinajstić information content (AvgIpc) is 3.22. The molecule has 1 amide bonds. The standard InChI is InChI=1S/C20H17N3O4S/c1-4-26-20(25)17-11(2)14(10-21)19(28-17)22-18(24)15-12(3)27-23-16(15)13-8-6-5-7-9-13/h5-9H,4H2,1-3H3,(H,22,24). The van der Waals surface area contributed by atoms with E-state index in [1.165, 1.54) is 0 Å². The van der Waals surface area contributed by atoms with Crippen molar-refractivity contribution in [2.45, 2.75) is 20.8 Å². The molecule has 1 N–H and O–H groups in total. The molecule has 0 saturated carbocycles. The molecule has 0 bridgehead atoms. The highest BCUT2D eigenvalue weighted by Crippen LogP contribution is 2.34. The summed E-state index contributed by atoms with van der Waals surface area (Å²) in [6.07, 6.45) is 0. The van der Waals surface area contributed by atoms with Crippen molar-refractivity contribution in [3.8, 4) is 17.3 Å². The average molecular weight is 395 g/mol. The van der Waals surface area contributed by atoms with Crippen molar-refractivity contribution >= 4 is 28.2 Å². The Hall–Kier alpha value is -3.44. The van der Waals surface area contributed by atoms with Crippen LogP contribution in [0.5, 0.6) is 0 Å². The lowest BCUT2D eigenvalue weighted by molar-refractivity contribution is 0.0531. The number of thiophene rings is 1. The van der Waals surface area contributed by atoms with Crippen molar-refractivity contribution in [1.29, 1.82) is 5.26 Å². The molecule has 8 heteroatoms. The van der Waals surface area contributed by atoms with Gasteiger partial charge in [0.15, 0.2) is 0 Å². The summed E-state index contributed by atoms with van der Waals surface area (Å²) in [7, 11) is 0. The SMILES string of the molecule is CCOC(=O)c1sc(NC(=O)c2c(-c3ccccc3)noc2C)c(C#N)c1C. The molecule has 0 fully saturated rings. The number of aryl methyl sites for hydroxylation is 1. The molecule has 0 aliphatic rings. The number of carbonyl (C=O) groups excluding carboxylic acids is 2. The number of hydrogen-bond donors (Lipinski definition) is 1. The van der Waals surface area contributed by atoms with Gasteiger partial charge in [0.2, 0.25) is 0 Å². The number of anilines is 1. The molecule has 3 rings (SSSR count). The fourth-order valence-electron chi connectivity index (χ4n) is 2.73. The molecule has 0 spiro atoms. The van der Waals surface area contributed by atoms with Crippen LogP contribution in [0.1, 0.15) is 43.8 Å². The number of aromatic nitrogens is 1.